The number of piperidine rings is 3. The van der Waals surface area contributed by atoms with Gasteiger partial charge in [0.25, 0.3) is 0 Å². The molecular weight excluding hydrogens is 1220 g/mol. The largest absolute Gasteiger partial charge is 0.464 e. The van der Waals surface area contributed by atoms with Crippen molar-refractivity contribution in [3.05, 3.63) is 35.4 Å². The van der Waals surface area contributed by atoms with E-state index in [0.717, 1.165) is 69.8 Å². The number of unbranched alkanes of at least 4 members (excludes halogenated alkanes) is 9. The number of aryl methyl sites for hydroxylation is 2. The number of thioether (sulfide) groups is 1. The quantitative estimate of drug-likeness (QED) is 0.0518. The molecule has 0 spiro atoms. The predicted octanol–water partition coefficient (Wildman–Crippen LogP) is 19.5. The second-order valence-corrected chi connectivity index (χ2v) is 27.3. The lowest BCUT2D eigenvalue weighted by atomic mass is 9.99. The van der Waals surface area contributed by atoms with Crippen LogP contribution in [0.1, 0.15) is 275 Å². The number of methoxy groups -OCH3 is 4. The van der Waals surface area contributed by atoms with Crippen molar-refractivity contribution >= 4 is 23.7 Å². The summed E-state index contributed by atoms with van der Waals surface area (Å²) in [6, 6.07) is 9.56. The van der Waals surface area contributed by atoms with E-state index in [1.807, 2.05) is 25.6 Å². The zero-order valence-corrected chi connectivity index (χ0v) is 69.7. The maximum atomic E-state index is 10.5. The number of carbonyl (C=O) groups excluding carboxylic acids is 2. The number of nitrogens with zero attached hydrogens (tertiary/aromatic N) is 5. The second-order valence-electron chi connectivity index (χ2n) is 26.3. The molecule has 2 atom stereocenters. The van der Waals surface area contributed by atoms with Gasteiger partial charge in [0.05, 0.1) is 26.4 Å². The molecule has 14 nitrogen and oxygen atoms in total. The fourth-order valence-corrected chi connectivity index (χ4v) is 10.1. The van der Waals surface area contributed by atoms with Crippen LogP contribution in [0.15, 0.2) is 24.3 Å². The van der Waals surface area contributed by atoms with Crippen LogP contribution in [-0.2, 0) is 49.2 Å². The van der Waals surface area contributed by atoms with E-state index in [9.17, 15) is 9.59 Å². The van der Waals surface area contributed by atoms with Gasteiger partial charge in [0.2, 0.25) is 0 Å². The van der Waals surface area contributed by atoms with Gasteiger partial charge in [0.1, 0.15) is 13.2 Å². The summed E-state index contributed by atoms with van der Waals surface area (Å²) >= 11 is 1.90. The number of piperazine rings is 1. The van der Waals surface area contributed by atoms with E-state index < -0.39 is 0 Å². The van der Waals surface area contributed by atoms with Crippen LogP contribution in [-0.4, -0.2) is 229 Å². The van der Waals surface area contributed by atoms with Crippen LogP contribution in [0.2, 0.25) is 0 Å². The molecular formula is C81H171N5O9S. The third-order valence-electron chi connectivity index (χ3n) is 15.8. The number of carbonyl (C=O) groups is 2. The maximum Gasteiger partial charge on any atom is 0.332 e. The minimum absolute atomic E-state index is 0.0556. The van der Waals surface area contributed by atoms with Gasteiger partial charge in [-0.3, -0.25) is 0 Å². The molecule has 5 rings (SSSR count). The summed E-state index contributed by atoms with van der Waals surface area (Å²) in [6.07, 6.45) is 38.0. The van der Waals surface area contributed by atoms with Gasteiger partial charge in [-0.25, -0.2) is 9.59 Å². The maximum absolute atomic E-state index is 10.5. The van der Waals surface area contributed by atoms with Crippen molar-refractivity contribution in [2.45, 2.75) is 283 Å². The van der Waals surface area contributed by atoms with Crippen LogP contribution < -0.4 is 0 Å². The first-order chi connectivity index (χ1) is 46.3. The molecule has 15 heteroatoms. The van der Waals surface area contributed by atoms with E-state index in [-0.39, 0.29) is 25.2 Å². The molecule has 4 aliphatic heterocycles. The van der Waals surface area contributed by atoms with Crippen LogP contribution in [0.3, 0.4) is 0 Å². The Morgan fingerprint density at radius 1 is 0.448 bits per heavy atom. The molecule has 580 valence electrons. The third-order valence-corrected chi connectivity index (χ3v) is 16.6. The summed E-state index contributed by atoms with van der Waals surface area (Å²) in [7, 11) is 15.2. The van der Waals surface area contributed by atoms with Crippen molar-refractivity contribution in [3.63, 3.8) is 0 Å². The first kappa shape index (κ1) is 108. The number of esters is 2. The molecule has 0 aromatic heterocycles. The summed E-state index contributed by atoms with van der Waals surface area (Å²) < 4.78 is 32.9. The van der Waals surface area contributed by atoms with Gasteiger partial charge in [-0.15, -0.1) is 0 Å². The van der Waals surface area contributed by atoms with E-state index in [4.69, 9.17) is 14.2 Å². The molecule has 96 heavy (non-hydrogen) atoms. The van der Waals surface area contributed by atoms with Crippen LogP contribution in [0.25, 0.3) is 0 Å². The molecule has 0 bridgehead atoms. The topological polar surface area (TPSA) is 115 Å². The molecule has 0 amide bonds. The Balaban J connectivity index is -0.000000181. The van der Waals surface area contributed by atoms with E-state index >= 15 is 0 Å². The van der Waals surface area contributed by atoms with E-state index in [0.29, 0.717) is 19.8 Å². The van der Waals surface area contributed by atoms with Crippen LogP contribution >= 0.6 is 11.8 Å². The van der Waals surface area contributed by atoms with Crippen LogP contribution in [0.5, 0.6) is 0 Å². The highest BCUT2D eigenvalue weighted by Crippen LogP contribution is 2.19. The Morgan fingerprint density at radius 3 is 1.26 bits per heavy atom. The van der Waals surface area contributed by atoms with Crippen molar-refractivity contribution in [2.75, 3.05) is 187 Å². The average Bonchev–Trinajstić information content (AvgIpc) is 1.74. The Bertz CT molecular complexity index is 1460. The van der Waals surface area contributed by atoms with E-state index in [2.05, 4.69) is 192 Å². The van der Waals surface area contributed by atoms with Gasteiger partial charge in [-0.05, 0) is 187 Å². The average molecular weight is 1390 g/mol. The highest BCUT2D eigenvalue weighted by molar-refractivity contribution is 7.98. The lowest BCUT2D eigenvalue weighted by molar-refractivity contribution is -0.148. The first-order valence-corrected chi connectivity index (χ1v) is 40.5. The molecule has 1 aromatic rings. The van der Waals surface area contributed by atoms with Crippen molar-refractivity contribution < 1.29 is 42.7 Å². The van der Waals surface area contributed by atoms with Gasteiger partial charge in [-0.2, -0.15) is 11.8 Å². The highest BCUT2D eigenvalue weighted by Gasteiger charge is 2.17. The number of hydrogen-bond acceptors (Lipinski definition) is 15. The predicted molar refractivity (Wildman–Crippen MR) is 425 cm³/mol. The van der Waals surface area contributed by atoms with Gasteiger partial charge < -0.3 is 57.7 Å². The normalized spacial score (nSPS) is 16.2. The fraction of sp³-hybridized carbons (Fsp3) is 0.901. The minimum atomic E-state index is -0.292. The summed E-state index contributed by atoms with van der Waals surface area (Å²) in [5, 5.41) is 0. The van der Waals surface area contributed by atoms with Gasteiger partial charge >= 0.3 is 11.9 Å². The monoisotopic (exact) mass is 1390 g/mol. The molecule has 4 heterocycles. The molecule has 0 radical (unpaired) electrons. The van der Waals surface area contributed by atoms with Gasteiger partial charge in [-0.1, -0.05) is 210 Å². The molecule has 2 unspecified atom stereocenters. The number of likely N-dealkylation sites (tertiary alicyclic amines) is 3. The Hall–Kier alpha value is -1.89. The van der Waals surface area contributed by atoms with Gasteiger partial charge in [0.15, 0.2) is 0 Å². The van der Waals surface area contributed by atoms with Crippen molar-refractivity contribution in [1.29, 1.82) is 0 Å². The number of ether oxygens (including phenoxy) is 7. The summed E-state index contributed by atoms with van der Waals surface area (Å²) in [4.78, 5) is 33.2. The molecule has 0 N–H and O–H groups in total. The number of rotatable bonds is 31. The van der Waals surface area contributed by atoms with Crippen LogP contribution in [0.4, 0.5) is 0 Å². The molecule has 1 aromatic carbocycles. The smallest absolute Gasteiger partial charge is 0.332 e. The van der Waals surface area contributed by atoms with Crippen molar-refractivity contribution in [3.8, 4) is 0 Å². The zero-order chi connectivity index (χ0) is 73.9. The second kappa shape index (κ2) is 93.1. The zero-order valence-electron chi connectivity index (χ0n) is 68.9. The summed E-state index contributed by atoms with van der Waals surface area (Å²) in [5.41, 5.74) is 2.76. The lowest BCUT2D eigenvalue weighted by Gasteiger charge is -2.32. The summed E-state index contributed by atoms with van der Waals surface area (Å²) in [6.45, 7) is 49.9. The van der Waals surface area contributed by atoms with E-state index in [1.165, 1.54) is 238 Å². The number of likely N-dealkylation sites (N-methyl/N-ethyl adjacent to an activating group) is 1. The van der Waals surface area contributed by atoms with E-state index in [1.54, 1.807) is 14.2 Å². The molecule has 4 saturated heterocycles. The molecule has 0 aliphatic carbocycles. The van der Waals surface area contributed by atoms with Crippen LogP contribution in [0, 0.1) is 18.8 Å². The van der Waals surface area contributed by atoms with Gasteiger partial charge in [0, 0.05) is 80.4 Å². The van der Waals surface area contributed by atoms with Crippen molar-refractivity contribution in [1.82, 2.24) is 24.5 Å². The first-order valence-electron chi connectivity index (χ1n) is 39.1. The Kier molecular flexibility index (Phi) is 104. The Labute approximate surface area is 605 Å². The molecule has 4 fully saturated rings. The number of benzene rings is 1. The fourth-order valence-electron chi connectivity index (χ4n) is 9.69. The lowest BCUT2D eigenvalue weighted by Crippen LogP contribution is -2.44. The standard InChI is InChI=1S/C9H19N.C9H12.C8H18N2.C8H18.2C7H15N.C7H16.2C6H12O3.C6H14O2.C4H10O.C4H10S/c1-3-6-9-7-4-5-8-10(9)2;1-3-9-6-4-8(2)5-7-9;1-3-4-10-7-5-9(2)6-8-10;1-3-5-7-8-6-4-2;1-7-3-5-8(2)6-4-7;1-7-4-3-5-8(2)6-7;1-3-5-7-6-4-2;2*1-3-4-9-6(7)5-8-2;1-3-4-8-6-5-7-2;2*1-3-4-5-2/h9H,3-8H2,1-2H3;4-7H,3H2,1-2H3;3-8H2,1-2H3;3-8H2,1-2H3;2*7H,3-6H2,1-2H3;3-7H2,1-2H3;2*3-5H2,1-2H3;3-6H2,1-2H3;2*3-4H2,1-2H3. The van der Waals surface area contributed by atoms with Crippen molar-refractivity contribution in [2.24, 2.45) is 11.8 Å². The third kappa shape index (κ3) is 96.3. The summed E-state index contributed by atoms with van der Waals surface area (Å²) in [5.74, 6) is 2.64. The molecule has 4 aliphatic rings. The molecule has 0 saturated carbocycles. The highest BCUT2D eigenvalue weighted by atomic mass is 32.2. The minimum Gasteiger partial charge on any atom is -0.464 e. The SMILES string of the molecule is CC1CCCN(C)C1.CC1CCN(C)CC1.CCCC1CCCCN1C.CCCCCCC.CCCCCCCC.CCCN1CCN(C)CC1.CCCOC.CCCOC(=O)COC.CCCOC(=O)COC.CCCOCCOC.CCCSC.CCc1ccc(C)cc1. The Morgan fingerprint density at radius 2 is 0.927 bits per heavy atom. The number of hydrogen-bond donors (Lipinski definition) is 0.